The van der Waals surface area contributed by atoms with E-state index in [0.717, 1.165) is 11.1 Å². The molecule has 2 aromatic carbocycles. The van der Waals surface area contributed by atoms with Crippen molar-refractivity contribution in [1.29, 1.82) is 0 Å². The van der Waals surface area contributed by atoms with Crippen molar-refractivity contribution in [2.75, 3.05) is 0 Å². The molecule has 0 spiro atoms. The van der Waals surface area contributed by atoms with Crippen LogP contribution in [0.2, 0.25) is 0 Å². The standard InChI is InChI=1S/C25H15F8NO6S/c26-18-7-17(24(28,29)30)14(13-2-1-12(6-19(13)27)40-41(37,38)25(31,32)33)4-11(18)9-39-20-5-10-3-15-21(16(10)8-34-20)22(15)23(35)36/h1-2,4-8,15,21-22H,3,9H2,(H,35,36). The Kier molecular flexibility index (Phi) is 6.67. The van der Waals surface area contributed by atoms with E-state index in [1.54, 1.807) is 0 Å². The summed E-state index contributed by atoms with van der Waals surface area (Å²) < 4.78 is 140. The van der Waals surface area contributed by atoms with Gasteiger partial charge in [0.2, 0.25) is 5.88 Å². The highest BCUT2D eigenvalue weighted by Gasteiger charge is 2.60. The molecule has 2 aliphatic carbocycles. The Labute approximate surface area is 225 Å². The van der Waals surface area contributed by atoms with Crippen molar-refractivity contribution in [3.05, 3.63) is 76.5 Å². The van der Waals surface area contributed by atoms with E-state index in [0.29, 0.717) is 24.6 Å². The highest BCUT2D eigenvalue weighted by Crippen LogP contribution is 2.61. The van der Waals surface area contributed by atoms with Crippen LogP contribution in [0.15, 0.2) is 42.6 Å². The van der Waals surface area contributed by atoms with Crippen LogP contribution in [0.5, 0.6) is 11.6 Å². The number of rotatable bonds is 7. The molecule has 1 heterocycles. The topological polar surface area (TPSA) is 103 Å². The maximum absolute atomic E-state index is 14.8. The van der Waals surface area contributed by atoms with Crippen LogP contribution in [0, 0.1) is 23.5 Å². The first kappa shape index (κ1) is 28.6. The first-order valence-electron chi connectivity index (χ1n) is 11.5. The predicted octanol–water partition coefficient (Wildman–Crippen LogP) is 5.82. The SMILES string of the molecule is O=C(O)C1C2Cc3cc(OCc4cc(-c5ccc(OS(=O)(=O)C(F)(F)F)cc5F)c(C(F)(F)F)cc4F)ncc3C21. The summed E-state index contributed by atoms with van der Waals surface area (Å²) in [4.78, 5) is 15.3. The quantitative estimate of drug-likeness (QED) is 0.205. The molecule has 0 radical (unpaired) electrons. The predicted molar refractivity (Wildman–Crippen MR) is 122 cm³/mol. The fourth-order valence-corrected chi connectivity index (χ4v) is 5.41. The van der Waals surface area contributed by atoms with Gasteiger partial charge in [0.1, 0.15) is 24.0 Å². The fourth-order valence-electron chi connectivity index (χ4n) is 4.96. The van der Waals surface area contributed by atoms with Gasteiger partial charge in [0.05, 0.1) is 11.5 Å². The zero-order chi connectivity index (χ0) is 30.1. The summed E-state index contributed by atoms with van der Waals surface area (Å²) in [5.41, 5.74) is -8.13. The van der Waals surface area contributed by atoms with Gasteiger partial charge in [0.15, 0.2) is 0 Å². The van der Waals surface area contributed by atoms with Gasteiger partial charge in [-0.15, -0.1) is 0 Å². The van der Waals surface area contributed by atoms with Crippen molar-refractivity contribution >= 4 is 16.1 Å². The van der Waals surface area contributed by atoms with Crippen LogP contribution in [0.3, 0.4) is 0 Å². The molecule has 3 atom stereocenters. The van der Waals surface area contributed by atoms with Crippen molar-refractivity contribution in [2.24, 2.45) is 11.8 Å². The molecule has 0 saturated heterocycles. The van der Waals surface area contributed by atoms with Crippen molar-refractivity contribution in [1.82, 2.24) is 4.98 Å². The minimum atomic E-state index is -6.18. The van der Waals surface area contributed by atoms with Gasteiger partial charge in [-0.25, -0.2) is 13.8 Å². The third-order valence-electron chi connectivity index (χ3n) is 6.86. The molecule has 3 aromatic rings. The highest BCUT2D eigenvalue weighted by atomic mass is 32.2. The van der Waals surface area contributed by atoms with Crippen LogP contribution in [0.1, 0.15) is 28.2 Å². The zero-order valence-corrected chi connectivity index (χ0v) is 20.9. The van der Waals surface area contributed by atoms with Crippen molar-refractivity contribution in [2.45, 2.75) is 30.6 Å². The number of fused-ring (bicyclic) bond motifs is 3. The molecule has 1 fully saturated rings. The molecule has 0 aliphatic heterocycles. The van der Waals surface area contributed by atoms with E-state index < -0.39 is 79.9 Å². The molecule has 5 rings (SSSR count). The van der Waals surface area contributed by atoms with E-state index in [9.17, 15) is 53.4 Å². The molecule has 1 N–H and O–H groups in total. The number of ether oxygens (including phenoxy) is 1. The molecule has 1 saturated carbocycles. The maximum atomic E-state index is 14.8. The Bertz CT molecular complexity index is 1670. The van der Waals surface area contributed by atoms with Gasteiger partial charge >= 0.3 is 27.8 Å². The van der Waals surface area contributed by atoms with E-state index in [2.05, 4.69) is 9.17 Å². The number of aliphatic carboxylic acids is 1. The maximum Gasteiger partial charge on any atom is 0.534 e. The summed E-state index contributed by atoms with van der Waals surface area (Å²) in [5, 5.41) is 9.21. The second-order valence-electron chi connectivity index (χ2n) is 9.38. The summed E-state index contributed by atoms with van der Waals surface area (Å²) in [6.07, 6.45) is -3.31. The third-order valence-corrected chi connectivity index (χ3v) is 7.83. The smallest absolute Gasteiger partial charge is 0.481 e. The first-order valence-corrected chi connectivity index (χ1v) is 12.9. The minimum Gasteiger partial charge on any atom is -0.481 e. The number of carbonyl (C=O) groups is 1. The van der Waals surface area contributed by atoms with E-state index in [-0.39, 0.29) is 29.8 Å². The first-order chi connectivity index (χ1) is 19.0. The van der Waals surface area contributed by atoms with Crippen molar-refractivity contribution in [3.63, 3.8) is 0 Å². The molecule has 3 unspecified atom stereocenters. The average molecular weight is 609 g/mol. The number of benzene rings is 2. The number of pyridine rings is 1. The van der Waals surface area contributed by atoms with Gasteiger partial charge in [-0.05, 0) is 53.3 Å². The van der Waals surface area contributed by atoms with Gasteiger partial charge in [0, 0.05) is 35.4 Å². The lowest BCUT2D eigenvalue weighted by Crippen LogP contribution is -2.28. The molecular weight excluding hydrogens is 594 g/mol. The number of carboxylic acids is 1. The van der Waals surface area contributed by atoms with Crippen LogP contribution >= 0.6 is 0 Å². The second kappa shape index (κ2) is 9.56. The Balaban J connectivity index is 1.42. The van der Waals surface area contributed by atoms with Crippen LogP contribution in [0.4, 0.5) is 35.1 Å². The zero-order valence-electron chi connectivity index (χ0n) is 20.1. The lowest BCUT2D eigenvalue weighted by molar-refractivity contribution is -0.139. The van der Waals surface area contributed by atoms with Crippen molar-refractivity contribution in [3.8, 4) is 22.8 Å². The van der Waals surface area contributed by atoms with Crippen LogP contribution in [-0.2, 0) is 34.1 Å². The van der Waals surface area contributed by atoms with Crippen molar-refractivity contribution < 1.29 is 62.4 Å². The fraction of sp³-hybridized carbons (Fsp3) is 0.280. The summed E-state index contributed by atoms with van der Waals surface area (Å²) in [6.45, 7) is -0.653. The second-order valence-corrected chi connectivity index (χ2v) is 10.9. The van der Waals surface area contributed by atoms with Crippen LogP contribution < -0.4 is 8.92 Å². The normalized spacial score (nSPS) is 19.9. The summed E-state index contributed by atoms with van der Waals surface area (Å²) >= 11 is 0. The van der Waals surface area contributed by atoms with E-state index in [1.165, 1.54) is 12.3 Å². The molecule has 0 bridgehead atoms. The Morgan fingerprint density at radius 2 is 1.71 bits per heavy atom. The number of hydrogen-bond donors (Lipinski definition) is 1. The Morgan fingerprint density at radius 1 is 1.00 bits per heavy atom. The van der Waals surface area contributed by atoms with Gasteiger partial charge in [0.25, 0.3) is 0 Å². The molecule has 0 amide bonds. The van der Waals surface area contributed by atoms with Gasteiger partial charge in [-0.3, -0.25) is 4.79 Å². The summed E-state index contributed by atoms with van der Waals surface area (Å²) in [5.74, 6) is -5.76. The monoisotopic (exact) mass is 609 g/mol. The molecule has 1 aromatic heterocycles. The van der Waals surface area contributed by atoms with Gasteiger partial charge in [-0.2, -0.15) is 34.8 Å². The van der Waals surface area contributed by atoms with E-state index >= 15 is 0 Å². The van der Waals surface area contributed by atoms with Crippen LogP contribution in [-0.4, -0.2) is 30.0 Å². The number of halogens is 8. The van der Waals surface area contributed by atoms with E-state index in [1.807, 2.05) is 0 Å². The molecule has 16 heteroatoms. The molecule has 7 nitrogen and oxygen atoms in total. The number of carboxylic acid groups (broad SMARTS) is 1. The average Bonchev–Trinajstić information content (AvgIpc) is 3.44. The largest absolute Gasteiger partial charge is 0.534 e. The van der Waals surface area contributed by atoms with Gasteiger partial charge in [-0.1, -0.05) is 0 Å². The molecule has 2 aliphatic rings. The lowest BCUT2D eigenvalue weighted by Gasteiger charge is -2.17. The third kappa shape index (κ3) is 5.27. The minimum absolute atomic E-state index is 0.0173. The number of hydrogen-bond acceptors (Lipinski definition) is 6. The Morgan fingerprint density at radius 3 is 2.32 bits per heavy atom. The van der Waals surface area contributed by atoms with Crippen LogP contribution in [0.25, 0.3) is 11.1 Å². The Hall–Kier alpha value is -3.95. The summed E-state index contributed by atoms with van der Waals surface area (Å²) in [6, 6.07) is 3.46. The summed E-state index contributed by atoms with van der Waals surface area (Å²) in [7, 11) is -6.18. The number of alkyl halides is 6. The lowest BCUT2D eigenvalue weighted by atomic mass is 9.96. The van der Waals surface area contributed by atoms with Gasteiger partial charge < -0.3 is 14.0 Å². The highest BCUT2D eigenvalue weighted by molar-refractivity contribution is 7.88. The number of aromatic nitrogens is 1. The number of nitrogens with zero attached hydrogens (tertiary/aromatic N) is 1. The molecule has 218 valence electrons. The van der Waals surface area contributed by atoms with E-state index in [4.69, 9.17) is 4.74 Å². The molecule has 41 heavy (non-hydrogen) atoms. The molecular formula is C25H15F8NO6S.